The summed E-state index contributed by atoms with van der Waals surface area (Å²) >= 11 is 6.22. The predicted molar refractivity (Wildman–Crippen MR) is 115 cm³/mol. The Bertz CT molecular complexity index is 1280. The third kappa shape index (κ3) is 4.20. The van der Waals surface area contributed by atoms with Gasteiger partial charge in [-0.15, -0.1) is 0 Å². The standard InChI is InChI=1S/C21H18ClFN4O3S/c1-24-18-10-13(3-5-17(18)23)19-12-25-21(26-19)14-2-4-16(22)20(11-14)31(29,30)27-8-6-15(28)7-9-27/h2-5,10-12,15,28H,6-9H2,(H,25,26). The fourth-order valence-corrected chi connectivity index (χ4v) is 5.42. The molecule has 0 aliphatic carbocycles. The van der Waals surface area contributed by atoms with E-state index in [1.807, 2.05) is 0 Å². The van der Waals surface area contributed by atoms with Crippen molar-refractivity contribution in [3.63, 3.8) is 0 Å². The third-order valence-electron chi connectivity index (χ3n) is 5.20. The van der Waals surface area contributed by atoms with Crippen LogP contribution in [0.4, 0.5) is 10.1 Å². The van der Waals surface area contributed by atoms with E-state index in [4.69, 9.17) is 18.2 Å². The summed E-state index contributed by atoms with van der Waals surface area (Å²) in [5.41, 5.74) is 1.56. The largest absolute Gasteiger partial charge is 0.393 e. The summed E-state index contributed by atoms with van der Waals surface area (Å²) in [7, 11) is -3.83. The molecule has 160 valence electrons. The minimum absolute atomic E-state index is 0.0296. The van der Waals surface area contributed by atoms with Gasteiger partial charge in [0.15, 0.2) is 0 Å². The van der Waals surface area contributed by atoms with Crippen LogP contribution in [0.15, 0.2) is 47.5 Å². The van der Waals surface area contributed by atoms with Crippen molar-refractivity contribution >= 4 is 27.3 Å². The van der Waals surface area contributed by atoms with Crippen LogP contribution in [0.25, 0.3) is 27.5 Å². The van der Waals surface area contributed by atoms with E-state index in [0.717, 1.165) is 0 Å². The highest BCUT2D eigenvalue weighted by molar-refractivity contribution is 7.89. The maximum atomic E-state index is 13.6. The molecule has 0 atom stereocenters. The van der Waals surface area contributed by atoms with E-state index in [9.17, 15) is 17.9 Å². The molecule has 10 heteroatoms. The Kier molecular flexibility index (Phi) is 5.81. The number of nitrogens with one attached hydrogen (secondary N) is 1. The van der Waals surface area contributed by atoms with E-state index >= 15 is 0 Å². The van der Waals surface area contributed by atoms with E-state index < -0.39 is 21.9 Å². The number of sulfonamides is 1. The maximum Gasteiger partial charge on any atom is 0.244 e. The Morgan fingerprint density at radius 2 is 1.90 bits per heavy atom. The number of imidazole rings is 1. The molecule has 0 spiro atoms. The highest BCUT2D eigenvalue weighted by Gasteiger charge is 2.30. The van der Waals surface area contributed by atoms with Crippen molar-refractivity contribution in [2.75, 3.05) is 13.1 Å². The number of aliphatic hydroxyl groups is 1. The molecule has 2 aromatic carbocycles. The van der Waals surface area contributed by atoms with E-state index in [-0.39, 0.29) is 28.7 Å². The molecule has 7 nitrogen and oxygen atoms in total. The van der Waals surface area contributed by atoms with Gasteiger partial charge < -0.3 is 10.1 Å². The second kappa shape index (κ2) is 8.40. The van der Waals surface area contributed by atoms with Crippen LogP contribution in [0.5, 0.6) is 0 Å². The second-order valence-corrected chi connectivity index (χ2v) is 9.52. The Morgan fingerprint density at radius 1 is 1.19 bits per heavy atom. The summed E-state index contributed by atoms with van der Waals surface area (Å²) in [5, 5.41) is 9.76. The number of benzene rings is 2. The summed E-state index contributed by atoms with van der Waals surface area (Å²) in [6.07, 6.45) is 1.79. The van der Waals surface area contributed by atoms with Crippen LogP contribution >= 0.6 is 11.6 Å². The van der Waals surface area contributed by atoms with Crippen molar-refractivity contribution in [1.29, 1.82) is 0 Å². The van der Waals surface area contributed by atoms with Crippen LogP contribution in [-0.4, -0.2) is 47.0 Å². The maximum absolute atomic E-state index is 13.6. The fourth-order valence-electron chi connectivity index (χ4n) is 3.45. The lowest BCUT2D eigenvalue weighted by Gasteiger charge is -2.29. The van der Waals surface area contributed by atoms with Gasteiger partial charge in [0.2, 0.25) is 15.7 Å². The van der Waals surface area contributed by atoms with Gasteiger partial charge in [0.25, 0.3) is 0 Å². The van der Waals surface area contributed by atoms with Crippen LogP contribution in [0.3, 0.4) is 0 Å². The van der Waals surface area contributed by atoms with Crippen molar-refractivity contribution in [2.24, 2.45) is 0 Å². The first-order chi connectivity index (χ1) is 14.8. The average Bonchev–Trinajstić information content (AvgIpc) is 3.25. The molecule has 0 amide bonds. The van der Waals surface area contributed by atoms with Crippen LogP contribution in [-0.2, 0) is 10.0 Å². The monoisotopic (exact) mass is 460 g/mol. The smallest absolute Gasteiger partial charge is 0.244 e. The van der Waals surface area contributed by atoms with E-state index in [1.165, 1.54) is 40.8 Å². The number of aromatic nitrogens is 2. The molecule has 3 aromatic rings. The SMILES string of the molecule is [C-]#[N+]c1cc(-c2cnc(-c3ccc(Cl)c(S(=O)(=O)N4CCC(O)CC4)c3)[nH]2)ccc1F. The zero-order valence-corrected chi connectivity index (χ0v) is 17.8. The van der Waals surface area contributed by atoms with Gasteiger partial charge in [-0.2, -0.15) is 4.31 Å². The molecule has 1 saturated heterocycles. The number of aromatic amines is 1. The molecule has 1 fully saturated rings. The molecule has 1 aromatic heterocycles. The number of H-pyrrole nitrogens is 1. The number of halogens is 2. The minimum atomic E-state index is -3.83. The van der Waals surface area contributed by atoms with Crippen molar-refractivity contribution in [3.05, 3.63) is 64.9 Å². The summed E-state index contributed by atoms with van der Waals surface area (Å²) in [6, 6.07) is 8.77. The lowest BCUT2D eigenvalue weighted by atomic mass is 10.1. The van der Waals surface area contributed by atoms with Crippen LogP contribution < -0.4 is 0 Å². The molecule has 0 unspecified atom stereocenters. The fraction of sp³-hybridized carbons (Fsp3) is 0.238. The molecular weight excluding hydrogens is 443 g/mol. The molecule has 0 bridgehead atoms. The van der Waals surface area contributed by atoms with Crippen molar-refractivity contribution in [3.8, 4) is 22.6 Å². The number of aliphatic hydroxyl groups excluding tert-OH is 1. The zero-order chi connectivity index (χ0) is 22.2. The topological polar surface area (TPSA) is 90.7 Å². The van der Waals surface area contributed by atoms with Gasteiger partial charge in [-0.3, -0.25) is 0 Å². The normalized spacial score (nSPS) is 15.7. The van der Waals surface area contributed by atoms with Gasteiger partial charge in [0, 0.05) is 18.7 Å². The van der Waals surface area contributed by atoms with Crippen molar-refractivity contribution in [1.82, 2.24) is 14.3 Å². The summed E-state index contributed by atoms with van der Waals surface area (Å²) in [4.78, 5) is 10.5. The van der Waals surface area contributed by atoms with E-state index in [1.54, 1.807) is 6.07 Å². The van der Waals surface area contributed by atoms with E-state index in [0.29, 0.717) is 35.5 Å². The molecule has 2 N–H and O–H groups in total. The summed E-state index contributed by atoms with van der Waals surface area (Å²) < 4.78 is 41.1. The Hall–Kier alpha value is -2.77. The molecule has 2 heterocycles. The highest BCUT2D eigenvalue weighted by Crippen LogP contribution is 2.32. The Labute approximate surface area is 184 Å². The second-order valence-electron chi connectivity index (χ2n) is 7.20. The van der Waals surface area contributed by atoms with E-state index in [2.05, 4.69) is 14.8 Å². The average molecular weight is 461 g/mol. The van der Waals surface area contributed by atoms with Gasteiger partial charge in [0.1, 0.15) is 16.5 Å². The summed E-state index contributed by atoms with van der Waals surface area (Å²) in [6.45, 7) is 7.50. The highest BCUT2D eigenvalue weighted by atomic mass is 35.5. The van der Waals surface area contributed by atoms with Crippen LogP contribution in [0, 0.1) is 12.4 Å². The quantitative estimate of drug-likeness (QED) is 0.570. The van der Waals surface area contributed by atoms with Gasteiger partial charge in [-0.25, -0.2) is 22.6 Å². The van der Waals surface area contributed by atoms with Gasteiger partial charge >= 0.3 is 0 Å². The Balaban J connectivity index is 1.67. The van der Waals surface area contributed by atoms with Crippen molar-refractivity contribution in [2.45, 2.75) is 23.8 Å². The van der Waals surface area contributed by atoms with Crippen LogP contribution in [0.1, 0.15) is 12.8 Å². The molecule has 1 aliphatic heterocycles. The number of piperidine rings is 1. The number of hydrogen-bond donors (Lipinski definition) is 2. The van der Waals surface area contributed by atoms with Gasteiger partial charge in [-0.1, -0.05) is 17.7 Å². The van der Waals surface area contributed by atoms with Crippen LogP contribution in [0.2, 0.25) is 5.02 Å². The first-order valence-electron chi connectivity index (χ1n) is 9.50. The third-order valence-corrected chi connectivity index (χ3v) is 7.58. The van der Waals surface area contributed by atoms with Crippen molar-refractivity contribution < 1.29 is 17.9 Å². The molecular formula is C21H18ClFN4O3S. The molecule has 0 saturated carbocycles. The Morgan fingerprint density at radius 3 is 2.61 bits per heavy atom. The molecule has 1 aliphatic rings. The summed E-state index contributed by atoms with van der Waals surface area (Å²) in [5.74, 6) is -0.192. The number of hydrogen-bond acceptors (Lipinski definition) is 4. The molecule has 0 radical (unpaired) electrons. The first-order valence-corrected chi connectivity index (χ1v) is 11.3. The number of nitrogens with zero attached hydrogens (tertiary/aromatic N) is 3. The number of rotatable bonds is 4. The predicted octanol–water partition coefficient (Wildman–Crippen LogP) is 4.23. The van der Waals surface area contributed by atoms with Gasteiger partial charge in [0.05, 0.1) is 29.6 Å². The first kappa shape index (κ1) is 21.5. The molecule has 4 rings (SSSR count). The van der Waals surface area contributed by atoms with Gasteiger partial charge in [-0.05, 0) is 48.7 Å². The lowest BCUT2D eigenvalue weighted by Crippen LogP contribution is -2.40. The molecule has 31 heavy (non-hydrogen) atoms. The minimum Gasteiger partial charge on any atom is -0.393 e. The lowest BCUT2D eigenvalue weighted by molar-refractivity contribution is 0.113. The zero-order valence-electron chi connectivity index (χ0n) is 16.2.